The maximum Gasteiger partial charge on any atom is 0.0314 e. The molecule has 0 unspecified atom stereocenters. The van der Waals surface area contributed by atoms with E-state index in [-0.39, 0.29) is 0 Å². The van der Waals surface area contributed by atoms with Gasteiger partial charge in [0, 0.05) is 14.3 Å². The van der Waals surface area contributed by atoms with Crippen molar-refractivity contribution < 1.29 is 0 Å². The second kappa shape index (κ2) is 4.67. The zero-order chi connectivity index (χ0) is 9.80. The summed E-state index contributed by atoms with van der Waals surface area (Å²) in [7, 11) is 0. The predicted octanol–water partition coefficient (Wildman–Crippen LogP) is 4.40. The molecule has 2 aromatic rings. The third kappa shape index (κ3) is 2.40. The van der Waals surface area contributed by atoms with E-state index in [1.54, 1.807) is 11.8 Å². The van der Waals surface area contributed by atoms with E-state index in [1.807, 2.05) is 36.4 Å². The van der Waals surface area contributed by atoms with Crippen LogP contribution in [-0.2, 0) is 0 Å². The lowest BCUT2D eigenvalue weighted by atomic mass is 10.4. The van der Waals surface area contributed by atoms with Crippen molar-refractivity contribution >= 4 is 27.7 Å². The molecule has 69 valence electrons. The number of benzene rings is 2. The third-order valence-electron chi connectivity index (χ3n) is 1.74. The van der Waals surface area contributed by atoms with E-state index in [4.69, 9.17) is 0 Å². The Bertz CT molecular complexity index is 412. The van der Waals surface area contributed by atoms with E-state index in [9.17, 15) is 0 Å². The van der Waals surface area contributed by atoms with Crippen LogP contribution in [0.5, 0.6) is 0 Å². The minimum Gasteiger partial charge on any atom is -0.0883 e. The third-order valence-corrected chi connectivity index (χ3v) is 3.74. The van der Waals surface area contributed by atoms with Crippen LogP contribution in [0, 0.1) is 6.07 Å². The maximum atomic E-state index is 3.52. The number of halogens is 1. The Labute approximate surface area is 96.5 Å². The Morgan fingerprint density at radius 2 is 1.79 bits per heavy atom. The number of hydrogen-bond donors (Lipinski definition) is 0. The molecule has 1 radical (unpaired) electrons. The Morgan fingerprint density at radius 1 is 1.00 bits per heavy atom. The highest BCUT2D eigenvalue weighted by atomic mass is 79.9. The molecule has 0 aliphatic rings. The van der Waals surface area contributed by atoms with Crippen LogP contribution in [0.4, 0.5) is 0 Å². The van der Waals surface area contributed by atoms with Gasteiger partial charge in [0.05, 0.1) is 0 Å². The normalized spacial score (nSPS) is 10.1. The standard InChI is InChI=1S/C12H8BrS/c13-11-8-4-5-9-12(11)14-10-6-2-1-3-7-10/h1-6,8-9H. The molecule has 14 heavy (non-hydrogen) atoms. The van der Waals surface area contributed by atoms with Gasteiger partial charge in [0.25, 0.3) is 0 Å². The predicted molar refractivity (Wildman–Crippen MR) is 63.5 cm³/mol. The molecule has 0 saturated heterocycles. The van der Waals surface area contributed by atoms with Crippen LogP contribution >= 0.6 is 27.7 Å². The van der Waals surface area contributed by atoms with Crippen molar-refractivity contribution in [2.24, 2.45) is 0 Å². The van der Waals surface area contributed by atoms with Crippen molar-refractivity contribution in [1.29, 1.82) is 0 Å². The van der Waals surface area contributed by atoms with Gasteiger partial charge in [-0.3, -0.25) is 0 Å². The molecule has 0 aromatic heterocycles. The quantitative estimate of drug-likeness (QED) is 0.774. The van der Waals surface area contributed by atoms with Crippen LogP contribution in [0.2, 0.25) is 0 Å². The molecule has 0 nitrogen and oxygen atoms in total. The molecule has 0 aliphatic heterocycles. The zero-order valence-electron chi connectivity index (χ0n) is 7.41. The van der Waals surface area contributed by atoms with E-state index >= 15 is 0 Å². The summed E-state index contributed by atoms with van der Waals surface area (Å²) in [5.74, 6) is 0. The molecule has 0 N–H and O–H groups in total. The smallest absolute Gasteiger partial charge is 0.0314 e. The molecule has 0 amide bonds. The fourth-order valence-corrected chi connectivity index (χ4v) is 2.44. The van der Waals surface area contributed by atoms with Gasteiger partial charge in [-0.1, -0.05) is 42.1 Å². The van der Waals surface area contributed by atoms with Gasteiger partial charge in [-0.05, 0) is 40.2 Å². The number of rotatable bonds is 2. The first-order chi connectivity index (χ1) is 6.86. The average Bonchev–Trinajstić information content (AvgIpc) is 2.23. The molecule has 0 aliphatic carbocycles. The molecule has 2 rings (SSSR count). The van der Waals surface area contributed by atoms with Gasteiger partial charge in [-0.15, -0.1) is 0 Å². The lowest BCUT2D eigenvalue weighted by Crippen LogP contribution is -1.74. The van der Waals surface area contributed by atoms with Crippen molar-refractivity contribution in [3.63, 3.8) is 0 Å². The highest BCUT2D eigenvalue weighted by molar-refractivity contribution is 9.10. The first kappa shape index (κ1) is 9.81. The summed E-state index contributed by atoms with van der Waals surface area (Å²) in [6.45, 7) is 0. The van der Waals surface area contributed by atoms with Crippen LogP contribution in [0.1, 0.15) is 0 Å². The molecule has 2 aromatic carbocycles. The molecule has 0 bridgehead atoms. The minimum atomic E-state index is 1.13. The van der Waals surface area contributed by atoms with Crippen LogP contribution in [0.3, 0.4) is 0 Å². The summed E-state index contributed by atoms with van der Waals surface area (Å²) in [6.07, 6.45) is 0. The first-order valence-corrected chi connectivity index (χ1v) is 5.86. The van der Waals surface area contributed by atoms with Crippen molar-refractivity contribution in [1.82, 2.24) is 0 Å². The lowest BCUT2D eigenvalue weighted by Gasteiger charge is -2.02. The molecule has 0 saturated carbocycles. The summed E-state index contributed by atoms with van der Waals surface area (Å²) in [5, 5.41) is 0. The monoisotopic (exact) mass is 263 g/mol. The van der Waals surface area contributed by atoms with Gasteiger partial charge in [0.1, 0.15) is 0 Å². The fourth-order valence-electron chi connectivity index (χ4n) is 1.09. The summed E-state index contributed by atoms with van der Waals surface area (Å²) < 4.78 is 1.13. The lowest BCUT2D eigenvalue weighted by molar-refractivity contribution is 1.37. The molecule has 2 heteroatoms. The molecular formula is C12H8BrS. The molecular weight excluding hydrogens is 256 g/mol. The first-order valence-electron chi connectivity index (χ1n) is 4.25. The Balaban J connectivity index is 2.24. The van der Waals surface area contributed by atoms with Crippen LogP contribution < -0.4 is 0 Å². The van der Waals surface area contributed by atoms with Crippen LogP contribution in [0.25, 0.3) is 0 Å². The summed E-state index contributed by atoms with van der Waals surface area (Å²) in [4.78, 5) is 2.36. The van der Waals surface area contributed by atoms with Gasteiger partial charge in [0.2, 0.25) is 0 Å². The summed E-state index contributed by atoms with van der Waals surface area (Å²) in [6, 6.07) is 19.4. The van der Waals surface area contributed by atoms with E-state index < -0.39 is 0 Å². The highest BCUT2D eigenvalue weighted by Gasteiger charge is 1.99. The Hall–Kier alpha value is -0.730. The second-order valence-corrected chi connectivity index (χ2v) is 4.70. The van der Waals surface area contributed by atoms with Crippen LogP contribution in [-0.4, -0.2) is 0 Å². The fraction of sp³-hybridized carbons (Fsp3) is 0. The van der Waals surface area contributed by atoms with Crippen molar-refractivity contribution in [2.45, 2.75) is 9.79 Å². The zero-order valence-corrected chi connectivity index (χ0v) is 9.81. The minimum absolute atomic E-state index is 1.13. The molecule has 0 heterocycles. The van der Waals surface area contributed by atoms with Gasteiger partial charge < -0.3 is 0 Å². The van der Waals surface area contributed by atoms with Crippen LogP contribution in [0.15, 0.2) is 62.8 Å². The topological polar surface area (TPSA) is 0 Å². The molecule has 0 atom stereocenters. The average molecular weight is 264 g/mol. The second-order valence-electron chi connectivity index (χ2n) is 2.76. The molecule has 0 fully saturated rings. The summed E-state index contributed by atoms with van der Waals surface area (Å²) >= 11 is 5.23. The Kier molecular flexibility index (Phi) is 3.27. The Morgan fingerprint density at radius 3 is 2.50 bits per heavy atom. The van der Waals surface area contributed by atoms with Gasteiger partial charge in [-0.2, -0.15) is 0 Å². The maximum absolute atomic E-state index is 3.52. The van der Waals surface area contributed by atoms with Crippen molar-refractivity contribution in [3.05, 3.63) is 59.1 Å². The van der Waals surface area contributed by atoms with E-state index in [0.717, 1.165) is 9.37 Å². The summed E-state index contributed by atoms with van der Waals surface area (Å²) in [5.41, 5.74) is 0. The number of hydrogen-bond acceptors (Lipinski definition) is 1. The highest BCUT2D eigenvalue weighted by Crippen LogP contribution is 2.32. The largest absolute Gasteiger partial charge is 0.0883 e. The van der Waals surface area contributed by atoms with E-state index in [0.29, 0.717) is 0 Å². The van der Waals surface area contributed by atoms with E-state index in [1.165, 1.54) is 4.90 Å². The molecule has 0 spiro atoms. The van der Waals surface area contributed by atoms with Crippen molar-refractivity contribution in [3.8, 4) is 0 Å². The van der Waals surface area contributed by atoms with Gasteiger partial charge in [0.15, 0.2) is 0 Å². The van der Waals surface area contributed by atoms with Gasteiger partial charge in [-0.25, -0.2) is 0 Å². The van der Waals surface area contributed by atoms with E-state index in [2.05, 4.69) is 34.1 Å². The van der Waals surface area contributed by atoms with Gasteiger partial charge >= 0.3 is 0 Å². The van der Waals surface area contributed by atoms with Crippen molar-refractivity contribution in [2.75, 3.05) is 0 Å². The SMILES string of the molecule is Brc1ccccc1Sc1[c]cccc1.